The second-order valence-electron chi connectivity index (χ2n) is 1.43. The van der Waals surface area contributed by atoms with Crippen LogP contribution >= 0.6 is 0 Å². The highest BCUT2D eigenvalue weighted by molar-refractivity contribution is 5.75. The van der Waals surface area contributed by atoms with E-state index in [2.05, 4.69) is 4.84 Å². The summed E-state index contributed by atoms with van der Waals surface area (Å²) in [6, 6.07) is 0. The van der Waals surface area contributed by atoms with Crippen molar-refractivity contribution in [2.24, 2.45) is 0 Å². The van der Waals surface area contributed by atoms with Crippen molar-refractivity contribution >= 4 is 5.91 Å². The third-order valence-corrected chi connectivity index (χ3v) is 0.921. The van der Waals surface area contributed by atoms with Crippen LogP contribution in [0.25, 0.3) is 0 Å². The Morgan fingerprint density at radius 3 is 2.44 bits per heavy atom. The lowest BCUT2D eigenvalue weighted by Crippen LogP contribution is -2.31. The fourth-order valence-electron chi connectivity index (χ4n) is 0.486. The van der Waals surface area contributed by atoms with Gasteiger partial charge in [-0.05, 0) is 6.92 Å². The Hall–Kier alpha value is -0.610. The van der Waals surface area contributed by atoms with E-state index in [1.165, 1.54) is 7.11 Å². The lowest BCUT2D eigenvalue weighted by atomic mass is 10.6. The molecule has 0 aliphatic rings. The molecule has 54 valence electrons. The van der Waals surface area contributed by atoms with E-state index in [-0.39, 0.29) is 0 Å². The summed E-state index contributed by atoms with van der Waals surface area (Å²) in [5.74, 6) is -0.417. The molecule has 0 fully saturated rings. The van der Waals surface area contributed by atoms with Crippen LogP contribution in [0.15, 0.2) is 0 Å². The van der Waals surface area contributed by atoms with E-state index < -0.39 is 12.5 Å². The Morgan fingerprint density at radius 2 is 2.33 bits per heavy atom. The average molecular weight is 133 g/mol. The molecule has 0 radical (unpaired) electrons. The van der Waals surface area contributed by atoms with Crippen LogP contribution in [-0.4, -0.2) is 36.3 Å². The smallest absolute Gasteiger partial charge is 0.271 e. The standard InChI is InChI=1S/C5H11NO3/c1-3-6(9-2)5(8)4-7/h7H,3-4H2,1-2H3. The Labute approximate surface area is 54.0 Å². The molecule has 0 heterocycles. The third-order valence-electron chi connectivity index (χ3n) is 0.921. The predicted molar refractivity (Wildman–Crippen MR) is 31.5 cm³/mol. The zero-order valence-electron chi connectivity index (χ0n) is 5.63. The van der Waals surface area contributed by atoms with Crippen LogP contribution in [-0.2, 0) is 9.63 Å². The van der Waals surface area contributed by atoms with Crippen LogP contribution in [0, 0.1) is 0 Å². The number of amides is 1. The van der Waals surface area contributed by atoms with Gasteiger partial charge >= 0.3 is 0 Å². The lowest BCUT2D eigenvalue weighted by molar-refractivity contribution is -0.177. The molecule has 0 unspecified atom stereocenters. The molecule has 0 saturated heterocycles. The first-order valence-corrected chi connectivity index (χ1v) is 2.71. The Kier molecular flexibility index (Phi) is 4.00. The van der Waals surface area contributed by atoms with Gasteiger partial charge in [-0.3, -0.25) is 9.63 Å². The minimum absolute atomic E-state index is 0.417. The Balaban J connectivity index is 3.64. The number of hydrogen-bond donors (Lipinski definition) is 1. The van der Waals surface area contributed by atoms with Crippen LogP contribution in [0.3, 0.4) is 0 Å². The fourth-order valence-corrected chi connectivity index (χ4v) is 0.486. The molecule has 1 amide bonds. The number of hydrogen-bond acceptors (Lipinski definition) is 3. The summed E-state index contributed by atoms with van der Waals surface area (Å²) in [4.78, 5) is 15.1. The van der Waals surface area contributed by atoms with Gasteiger partial charge in [0.25, 0.3) is 5.91 Å². The lowest BCUT2D eigenvalue weighted by Gasteiger charge is -2.15. The van der Waals surface area contributed by atoms with Crippen molar-refractivity contribution in [3.8, 4) is 0 Å². The van der Waals surface area contributed by atoms with Crippen molar-refractivity contribution in [3.05, 3.63) is 0 Å². The molecule has 0 atom stereocenters. The molecule has 0 aromatic heterocycles. The maximum atomic E-state index is 10.5. The van der Waals surface area contributed by atoms with Gasteiger partial charge < -0.3 is 5.11 Å². The molecule has 0 aliphatic heterocycles. The molecular formula is C5H11NO3. The highest BCUT2D eigenvalue weighted by Gasteiger charge is 2.06. The van der Waals surface area contributed by atoms with Crippen molar-refractivity contribution < 1.29 is 14.7 Å². The molecule has 0 aliphatic carbocycles. The molecule has 0 saturated carbocycles. The summed E-state index contributed by atoms with van der Waals surface area (Å²) in [5, 5.41) is 9.38. The average Bonchev–Trinajstić information content (AvgIpc) is 1.90. The van der Waals surface area contributed by atoms with Gasteiger partial charge in [-0.15, -0.1) is 0 Å². The number of rotatable bonds is 3. The first-order valence-electron chi connectivity index (χ1n) is 2.71. The number of likely N-dealkylation sites (N-methyl/N-ethyl adjacent to an activating group) is 1. The number of aliphatic hydroxyl groups is 1. The summed E-state index contributed by atoms with van der Waals surface area (Å²) in [5.41, 5.74) is 0. The second kappa shape index (κ2) is 4.29. The minimum atomic E-state index is -0.498. The van der Waals surface area contributed by atoms with E-state index in [0.29, 0.717) is 6.54 Å². The van der Waals surface area contributed by atoms with Crippen LogP contribution < -0.4 is 0 Å². The number of aliphatic hydroxyl groups excluding tert-OH is 1. The molecule has 0 aromatic rings. The van der Waals surface area contributed by atoms with Crippen molar-refractivity contribution in [1.82, 2.24) is 5.06 Å². The van der Waals surface area contributed by atoms with E-state index in [9.17, 15) is 4.79 Å². The molecule has 9 heavy (non-hydrogen) atoms. The molecule has 0 bridgehead atoms. The molecule has 4 heteroatoms. The summed E-state index contributed by atoms with van der Waals surface area (Å²) < 4.78 is 0. The van der Waals surface area contributed by atoms with Crippen LogP contribution in [0.5, 0.6) is 0 Å². The van der Waals surface area contributed by atoms with Crippen LogP contribution in [0.2, 0.25) is 0 Å². The zero-order chi connectivity index (χ0) is 7.28. The molecule has 4 nitrogen and oxygen atoms in total. The molecular weight excluding hydrogens is 122 g/mol. The summed E-state index contributed by atoms with van der Waals surface area (Å²) in [6.45, 7) is 1.72. The van der Waals surface area contributed by atoms with E-state index in [4.69, 9.17) is 5.11 Å². The van der Waals surface area contributed by atoms with Crippen molar-refractivity contribution in [3.63, 3.8) is 0 Å². The largest absolute Gasteiger partial charge is 0.386 e. The van der Waals surface area contributed by atoms with Crippen LogP contribution in [0.4, 0.5) is 0 Å². The molecule has 0 rings (SSSR count). The van der Waals surface area contributed by atoms with Crippen molar-refractivity contribution in [2.45, 2.75) is 6.92 Å². The van der Waals surface area contributed by atoms with Crippen molar-refractivity contribution in [2.75, 3.05) is 20.3 Å². The van der Waals surface area contributed by atoms with Gasteiger partial charge in [-0.1, -0.05) is 0 Å². The number of nitrogens with zero attached hydrogens (tertiary/aromatic N) is 1. The highest BCUT2D eigenvalue weighted by Crippen LogP contribution is 1.86. The molecule has 1 N–H and O–H groups in total. The Morgan fingerprint density at radius 1 is 1.78 bits per heavy atom. The first kappa shape index (κ1) is 8.39. The number of hydroxylamine groups is 2. The zero-order valence-corrected chi connectivity index (χ0v) is 5.63. The monoisotopic (exact) mass is 133 g/mol. The summed E-state index contributed by atoms with van der Waals surface area (Å²) >= 11 is 0. The maximum Gasteiger partial charge on any atom is 0.271 e. The van der Waals surface area contributed by atoms with Gasteiger partial charge in [-0.25, -0.2) is 5.06 Å². The normalized spacial score (nSPS) is 9.22. The van der Waals surface area contributed by atoms with Crippen LogP contribution in [0.1, 0.15) is 6.92 Å². The molecule has 0 aromatic carbocycles. The number of carbonyl (C=O) groups excluding carboxylic acids is 1. The first-order chi connectivity index (χ1) is 4.26. The van der Waals surface area contributed by atoms with Gasteiger partial charge in [0.05, 0.1) is 7.11 Å². The van der Waals surface area contributed by atoms with Gasteiger partial charge in [0.15, 0.2) is 0 Å². The summed E-state index contributed by atoms with van der Waals surface area (Å²) in [6.07, 6.45) is 0. The fraction of sp³-hybridized carbons (Fsp3) is 0.800. The number of carbonyl (C=O) groups is 1. The quantitative estimate of drug-likeness (QED) is 0.522. The molecule has 0 spiro atoms. The topological polar surface area (TPSA) is 49.8 Å². The van der Waals surface area contributed by atoms with E-state index >= 15 is 0 Å². The van der Waals surface area contributed by atoms with Gasteiger partial charge in [0, 0.05) is 6.54 Å². The Bertz CT molecular complexity index is 90.2. The SMILES string of the molecule is CCN(OC)C(=O)CO. The summed E-state index contributed by atoms with van der Waals surface area (Å²) in [7, 11) is 1.39. The van der Waals surface area contributed by atoms with Gasteiger partial charge in [0.1, 0.15) is 6.61 Å². The highest BCUT2D eigenvalue weighted by atomic mass is 16.7. The van der Waals surface area contributed by atoms with Gasteiger partial charge in [-0.2, -0.15) is 0 Å². The van der Waals surface area contributed by atoms with Crippen molar-refractivity contribution in [1.29, 1.82) is 0 Å². The second-order valence-corrected chi connectivity index (χ2v) is 1.43. The van der Waals surface area contributed by atoms with E-state index in [1.54, 1.807) is 6.92 Å². The minimum Gasteiger partial charge on any atom is -0.386 e. The van der Waals surface area contributed by atoms with Gasteiger partial charge in [0.2, 0.25) is 0 Å². The predicted octanol–water partition coefficient (Wildman–Crippen LogP) is -0.611. The van der Waals surface area contributed by atoms with E-state index in [1.807, 2.05) is 0 Å². The maximum absolute atomic E-state index is 10.5. The van der Waals surface area contributed by atoms with E-state index in [0.717, 1.165) is 5.06 Å². The third kappa shape index (κ3) is 2.43.